The van der Waals surface area contributed by atoms with Crippen LogP contribution in [0.3, 0.4) is 0 Å². The standard InChI is InChI=1S/C12H8ClN3O3S2/c1-7(17)10-6-20-12(15-10)16-21(18,19)11-3-2-8(5-14)4-9(11)13/h2-4,6H,1H3,(H,15,16). The van der Waals surface area contributed by atoms with E-state index in [1.54, 1.807) is 0 Å². The second-order valence-electron chi connectivity index (χ2n) is 3.96. The van der Waals surface area contributed by atoms with E-state index in [9.17, 15) is 13.2 Å². The van der Waals surface area contributed by atoms with Gasteiger partial charge in [0.1, 0.15) is 10.6 Å². The predicted octanol–water partition coefficient (Wildman–Crippen LogP) is 2.67. The van der Waals surface area contributed by atoms with Gasteiger partial charge in [-0.3, -0.25) is 9.52 Å². The van der Waals surface area contributed by atoms with E-state index >= 15 is 0 Å². The van der Waals surface area contributed by atoms with Crippen molar-refractivity contribution in [3.63, 3.8) is 0 Å². The van der Waals surface area contributed by atoms with Crippen molar-refractivity contribution in [1.29, 1.82) is 5.26 Å². The van der Waals surface area contributed by atoms with E-state index < -0.39 is 10.0 Å². The lowest BCUT2D eigenvalue weighted by Gasteiger charge is -2.07. The van der Waals surface area contributed by atoms with Crippen LogP contribution in [0.1, 0.15) is 23.0 Å². The Bertz CT molecular complexity index is 853. The fourth-order valence-corrected chi connectivity index (χ4v) is 3.99. The van der Waals surface area contributed by atoms with Crippen molar-refractivity contribution in [1.82, 2.24) is 4.98 Å². The average Bonchev–Trinajstić information content (AvgIpc) is 2.86. The number of halogens is 1. The molecule has 9 heteroatoms. The molecule has 0 aliphatic heterocycles. The first-order chi connectivity index (χ1) is 9.83. The van der Waals surface area contributed by atoms with Gasteiger partial charge in [-0.25, -0.2) is 13.4 Å². The molecule has 108 valence electrons. The van der Waals surface area contributed by atoms with Crippen LogP contribution in [-0.4, -0.2) is 19.2 Å². The molecular formula is C12H8ClN3O3S2. The lowest BCUT2D eigenvalue weighted by atomic mass is 10.2. The molecule has 0 fully saturated rings. The van der Waals surface area contributed by atoms with E-state index in [2.05, 4.69) is 9.71 Å². The molecule has 0 bridgehead atoms. The Morgan fingerprint density at radius 2 is 2.19 bits per heavy atom. The van der Waals surface area contributed by atoms with Gasteiger partial charge in [0.25, 0.3) is 10.0 Å². The van der Waals surface area contributed by atoms with Crippen molar-refractivity contribution in [2.24, 2.45) is 0 Å². The van der Waals surface area contributed by atoms with Crippen LogP contribution in [0, 0.1) is 11.3 Å². The second kappa shape index (κ2) is 5.81. The van der Waals surface area contributed by atoms with Crippen LogP contribution in [0.5, 0.6) is 0 Å². The summed E-state index contributed by atoms with van der Waals surface area (Å²) in [4.78, 5) is 14.8. The van der Waals surface area contributed by atoms with Crippen LogP contribution < -0.4 is 4.72 Å². The molecule has 21 heavy (non-hydrogen) atoms. The first-order valence-electron chi connectivity index (χ1n) is 5.52. The SMILES string of the molecule is CC(=O)c1csc(NS(=O)(=O)c2ccc(C#N)cc2Cl)n1. The number of benzene rings is 1. The molecule has 0 aliphatic rings. The fourth-order valence-electron chi connectivity index (χ4n) is 1.44. The van der Waals surface area contributed by atoms with E-state index in [1.807, 2.05) is 6.07 Å². The van der Waals surface area contributed by atoms with E-state index in [0.717, 1.165) is 11.3 Å². The quantitative estimate of drug-likeness (QED) is 0.862. The van der Waals surface area contributed by atoms with Gasteiger partial charge in [0.05, 0.1) is 16.7 Å². The summed E-state index contributed by atoms with van der Waals surface area (Å²) >= 11 is 6.87. The van der Waals surface area contributed by atoms with Gasteiger partial charge < -0.3 is 0 Å². The summed E-state index contributed by atoms with van der Waals surface area (Å²) in [7, 11) is -3.94. The Balaban J connectivity index is 2.34. The van der Waals surface area contributed by atoms with Crippen molar-refractivity contribution in [3.8, 4) is 6.07 Å². The topological polar surface area (TPSA) is 99.9 Å². The molecule has 1 heterocycles. The van der Waals surface area contributed by atoms with Gasteiger partial charge in [-0.15, -0.1) is 11.3 Å². The highest BCUT2D eigenvalue weighted by Crippen LogP contribution is 2.26. The van der Waals surface area contributed by atoms with E-state index in [4.69, 9.17) is 16.9 Å². The van der Waals surface area contributed by atoms with Gasteiger partial charge in [-0.1, -0.05) is 11.6 Å². The van der Waals surface area contributed by atoms with Crippen molar-refractivity contribution >= 4 is 43.9 Å². The third kappa shape index (κ3) is 3.39. The maximum absolute atomic E-state index is 12.2. The Hall–Kier alpha value is -1.95. The summed E-state index contributed by atoms with van der Waals surface area (Å²) < 4.78 is 26.7. The molecule has 1 aromatic carbocycles. The lowest BCUT2D eigenvalue weighted by molar-refractivity contribution is 0.101. The number of carbonyl (C=O) groups is 1. The largest absolute Gasteiger partial charge is 0.293 e. The maximum atomic E-state index is 12.2. The summed E-state index contributed by atoms with van der Waals surface area (Å²) in [5, 5.41) is 10.2. The molecule has 0 amide bonds. The number of thiazole rings is 1. The minimum Gasteiger partial charge on any atom is -0.293 e. The van der Waals surface area contributed by atoms with Crippen LogP contribution in [0.25, 0.3) is 0 Å². The lowest BCUT2D eigenvalue weighted by Crippen LogP contribution is -2.13. The number of nitriles is 1. The zero-order valence-corrected chi connectivity index (χ0v) is 13.0. The molecule has 1 N–H and O–H groups in total. The fraction of sp³-hybridized carbons (Fsp3) is 0.0833. The van der Waals surface area contributed by atoms with Gasteiger partial charge >= 0.3 is 0 Å². The molecule has 0 unspecified atom stereocenters. The molecule has 2 rings (SSSR count). The van der Waals surface area contributed by atoms with Crippen LogP contribution >= 0.6 is 22.9 Å². The smallest absolute Gasteiger partial charge is 0.265 e. The molecule has 0 saturated carbocycles. The van der Waals surface area contributed by atoms with Crippen LogP contribution in [0.15, 0.2) is 28.5 Å². The maximum Gasteiger partial charge on any atom is 0.265 e. The number of hydrogen-bond acceptors (Lipinski definition) is 6. The minimum atomic E-state index is -3.94. The normalized spacial score (nSPS) is 10.9. The third-order valence-electron chi connectivity index (χ3n) is 2.44. The number of nitrogens with zero attached hydrogens (tertiary/aromatic N) is 2. The number of ketones is 1. The van der Waals surface area contributed by atoms with Gasteiger partial charge in [0, 0.05) is 12.3 Å². The molecule has 0 atom stereocenters. The molecule has 1 aromatic heterocycles. The third-order valence-corrected chi connectivity index (χ3v) is 5.15. The Labute approximate surface area is 130 Å². The number of aromatic nitrogens is 1. The Kier molecular flexibility index (Phi) is 4.27. The van der Waals surface area contributed by atoms with Crippen molar-refractivity contribution in [3.05, 3.63) is 39.9 Å². The van der Waals surface area contributed by atoms with Crippen molar-refractivity contribution in [2.45, 2.75) is 11.8 Å². The molecule has 0 radical (unpaired) electrons. The number of anilines is 1. The number of carbonyl (C=O) groups excluding carboxylic acids is 1. The van der Waals surface area contributed by atoms with Gasteiger partial charge in [-0.05, 0) is 18.2 Å². The first-order valence-corrected chi connectivity index (χ1v) is 8.26. The van der Waals surface area contributed by atoms with Crippen LogP contribution in [0.4, 0.5) is 5.13 Å². The molecule has 6 nitrogen and oxygen atoms in total. The number of hydrogen-bond donors (Lipinski definition) is 1. The summed E-state index contributed by atoms with van der Waals surface area (Å²) in [5.41, 5.74) is 0.440. The average molecular weight is 342 g/mol. The zero-order valence-electron chi connectivity index (χ0n) is 10.6. The summed E-state index contributed by atoms with van der Waals surface area (Å²) in [5.74, 6) is -0.256. The number of nitrogens with one attached hydrogen (secondary N) is 1. The highest BCUT2D eigenvalue weighted by atomic mass is 35.5. The van der Waals surface area contributed by atoms with Crippen molar-refractivity contribution < 1.29 is 13.2 Å². The molecule has 0 aliphatic carbocycles. The second-order valence-corrected chi connectivity index (χ2v) is 6.87. The number of sulfonamides is 1. The van der Waals surface area contributed by atoms with E-state index in [-0.39, 0.29) is 32.1 Å². The van der Waals surface area contributed by atoms with Crippen LogP contribution in [-0.2, 0) is 10.0 Å². The minimum absolute atomic E-state index is 0.0649. The zero-order chi connectivity index (χ0) is 15.6. The monoisotopic (exact) mass is 341 g/mol. The molecule has 2 aromatic rings. The first kappa shape index (κ1) is 15.4. The molecule has 0 saturated heterocycles. The van der Waals surface area contributed by atoms with E-state index in [1.165, 1.54) is 30.5 Å². The highest BCUT2D eigenvalue weighted by molar-refractivity contribution is 7.93. The van der Waals surface area contributed by atoms with Gasteiger partial charge in [-0.2, -0.15) is 5.26 Å². The predicted molar refractivity (Wildman–Crippen MR) is 79.1 cm³/mol. The summed E-state index contributed by atoms with van der Waals surface area (Å²) in [6, 6.07) is 5.72. The molecular weight excluding hydrogens is 334 g/mol. The Morgan fingerprint density at radius 1 is 1.48 bits per heavy atom. The molecule has 0 spiro atoms. The van der Waals surface area contributed by atoms with Gasteiger partial charge in [0.2, 0.25) is 0 Å². The van der Waals surface area contributed by atoms with Crippen molar-refractivity contribution in [2.75, 3.05) is 4.72 Å². The Morgan fingerprint density at radius 3 is 2.71 bits per heavy atom. The number of rotatable bonds is 4. The highest BCUT2D eigenvalue weighted by Gasteiger charge is 2.20. The van der Waals surface area contributed by atoms with Crippen LogP contribution in [0.2, 0.25) is 5.02 Å². The van der Waals surface area contributed by atoms with Gasteiger partial charge in [0.15, 0.2) is 10.9 Å². The summed E-state index contributed by atoms with van der Waals surface area (Å²) in [6.07, 6.45) is 0. The van der Waals surface area contributed by atoms with E-state index in [0.29, 0.717) is 0 Å². The number of Topliss-reactive ketones (excluding diaryl/α,β-unsaturated/α-hetero) is 1. The summed E-state index contributed by atoms with van der Waals surface area (Å²) in [6.45, 7) is 1.34.